The first-order chi connectivity index (χ1) is 10.1. The molecule has 2 fully saturated rings. The molecule has 3 rings (SSSR count). The van der Waals surface area contributed by atoms with Gasteiger partial charge in [0.15, 0.2) is 0 Å². The van der Waals surface area contributed by atoms with Crippen LogP contribution in [0, 0.1) is 0 Å². The van der Waals surface area contributed by atoms with E-state index in [2.05, 4.69) is 56.9 Å². The summed E-state index contributed by atoms with van der Waals surface area (Å²) in [5, 5.41) is 0. The summed E-state index contributed by atoms with van der Waals surface area (Å²) in [6, 6.07) is 9.99. The Balaban J connectivity index is 1.54. The van der Waals surface area contributed by atoms with Crippen LogP contribution in [-0.2, 0) is 0 Å². The molecule has 0 amide bonds. The van der Waals surface area contributed by atoms with Crippen molar-refractivity contribution < 1.29 is 0 Å². The molecule has 4 heteroatoms. The fraction of sp³-hybridized carbons (Fsp3) is 0.647. The number of rotatable bonds is 4. The molecule has 1 aromatic rings. The zero-order valence-corrected chi connectivity index (χ0v) is 14.4. The second-order valence-corrected chi connectivity index (χ2v) is 7.50. The largest absolute Gasteiger partial charge is 0.324 e. The summed E-state index contributed by atoms with van der Waals surface area (Å²) >= 11 is 3.53. The van der Waals surface area contributed by atoms with E-state index in [9.17, 15) is 0 Å². The lowest BCUT2D eigenvalue weighted by Crippen LogP contribution is -2.55. The first-order valence-corrected chi connectivity index (χ1v) is 8.92. The molecule has 1 aromatic carbocycles. The number of halogens is 1. The minimum Gasteiger partial charge on any atom is -0.324 e. The van der Waals surface area contributed by atoms with Crippen molar-refractivity contribution in [2.75, 3.05) is 26.2 Å². The number of hydrogen-bond acceptors (Lipinski definition) is 3. The maximum atomic E-state index is 6.38. The van der Waals surface area contributed by atoms with Gasteiger partial charge in [-0.3, -0.25) is 9.80 Å². The highest BCUT2D eigenvalue weighted by molar-refractivity contribution is 9.10. The third kappa shape index (κ3) is 3.67. The predicted molar refractivity (Wildman–Crippen MR) is 91.3 cm³/mol. The molecule has 2 heterocycles. The molecular formula is C17H26BrN3. The topological polar surface area (TPSA) is 32.5 Å². The molecule has 3 atom stereocenters. The normalized spacial score (nSPS) is 28.5. The number of benzene rings is 1. The zero-order valence-electron chi connectivity index (χ0n) is 12.8. The maximum absolute atomic E-state index is 6.38. The van der Waals surface area contributed by atoms with Gasteiger partial charge in [-0.2, -0.15) is 0 Å². The minimum absolute atomic E-state index is 0.135. The Morgan fingerprint density at radius 3 is 3.05 bits per heavy atom. The fourth-order valence-corrected chi connectivity index (χ4v) is 4.19. The molecule has 0 aromatic heterocycles. The Bertz CT molecular complexity index is 479. The van der Waals surface area contributed by atoms with E-state index in [0.29, 0.717) is 6.04 Å². The van der Waals surface area contributed by atoms with Crippen molar-refractivity contribution in [2.45, 2.75) is 44.3 Å². The predicted octanol–water partition coefficient (Wildman–Crippen LogP) is 3.01. The summed E-state index contributed by atoms with van der Waals surface area (Å²) in [7, 11) is 0. The van der Waals surface area contributed by atoms with E-state index in [4.69, 9.17) is 5.73 Å². The van der Waals surface area contributed by atoms with Gasteiger partial charge in [0.05, 0.1) is 0 Å². The quantitative estimate of drug-likeness (QED) is 0.904. The van der Waals surface area contributed by atoms with Gasteiger partial charge in [-0.25, -0.2) is 0 Å². The Morgan fingerprint density at radius 2 is 2.24 bits per heavy atom. The van der Waals surface area contributed by atoms with Crippen molar-refractivity contribution in [3.8, 4) is 0 Å². The first kappa shape index (κ1) is 15.5. The summed E-state index contributed by atoms with van der Waals surface area (Å²) < 4.78 is 1.11. The lowest BCUT2D eigenvalue weighted by molar-refractivity contribution is 0.0575. The van der Waals surface area contributed by atoms with E-state index >= 15 is 0 Å². The number of piperazine rings is 1. The van der Waals surface area contributed by atoms with E-state index in [1.807, 2.05) is 0 Å². The van der Waals surface area contributed by atoms with Crippen LogP contribution < -0.4 is 5.73 Å². The van der Waals surface area contributed by atoms with Gasteiger partial charge in [-0.05, 0) is 50.4 Å². The van der Waals surface area contributed by atoms with E-state index in [1.54, 1.807) is 0 Å². The Hall–Kier alpha value is -0.420. The van der Waals surface area contributed by atoms with Gasteiger partial charge in [0.25, 0.3) is 0 Å². The van der Waals surface area contributed by atoms with Crippen molar-refractivity contribution in [3.63, 3.8) is 0 Å². The van der Waals surface area contributed by atoms with Gasteiger partial charge in [0, 0.05) is 42.2 Å². The highest BCUT2D eigenvalue weighted by Crippen LogP contribution is 2.26. The van der Waals surface area contributed by atoms with Crippen molar-refractivity contribution in [1.82, 2.24) is 9.80 Å². The monoisotopic (exact) mass is 351 g/mol. The van der Waals surface area contributed by atoms with Crippen LogP contribution in [-0.4, -0.2) is 48.1 Å². The summed E-state index contributed by atoms with van der Waals surface area (Å²) in [6.07, 6.45) is 3.79. The lowest BCUT2D eigenvalue weighted by Gasteiger charge is -2.42. The summed E-state index contributed by atoms with van der Waals surface area (Å²) in [4.78, 5) is 5.32. The van der Waals surface area contributed by atoms with Crippen molar-refractivity contribution in [1.29, 1.82) is 0 Å². The summed E-state index contributed by atoms with van der Waals surface area (Å²) in [5.74, 6) is 0. The van der Waals surface area contributed by atoms with E-state index < -0.39 is 0 Å². The standard InChI is InChI=1S/C17H26BrN3/c1-13-11-21-8-3-6-16(21)12-20(13)9-7-17(19)14-4-2-5-15(18)10-14/h2,4-5,10,13,16-17H,3,6-9,11-12,19H2,1H3. The molecule has 2 aliphatic heterocycles. The molecule has 21 heavy (non-hydrogen) atoms. The number of hydrogen-bond donors (Lipinski definition) is 1. The average Bonchev–Trinajstić information content (AvgIpc) is 2.91. The highest BCUT2D eigenvalue weighted by atomic mass is 79.9. The molecule has 0 spiro atoms. The van der Waals surface area contributed by atoms with Gasteiger partial charge < -0.3 is 5.73 Å². The van der Waals surface area contributed by atoms with E-state index in [1.165, 1.54) is 38.0 Å². The maximum Gasteiger partial charge on any atom is 0.0307 e. The Morgan fingerprint density at radius 1 is 1.38 bits per heavy atom. The second kappa shape index (κ2) is 6.78. The number of fused-ring (bicyclic) bond motifs is 1. The van der Waals surface area contributed by atoms with Crippen LogP contribution in [0.3, 0.4) is 0 Å². The van der Waals surface area contributed by atoms with Crippen molar-refractivity contribution in [3.05, 3.63) is 34.3 Å². The van der Waals surface area contributed by atoms with Gasteiger partial charge in [0.2, 0.25) is 0 Å². The molecule has 2 saturated heterocycles. The number of nitrogens with two attached hydrogens (primary N) is 1. The molecular weight excluding hydrogens is 326 g/mol. The lowest BCUT2D eigenvalue weighted by atomic mass is 10.0. The van der Waals surface area contributed by atoms with Crippen LogP contribution in [0.4, 0.5) is 0 Å². The molecule has 2 N–H and O–H groups in total. The summed E-state index contributed by atoms with van der Waals surface area (Å²) in [5.41, 5.74) is 7.61. The molecule has 0 radical (unpaired) electrons. The minimum atomic E-state index is 0.135. The van der Waals surface area contributed by atoms with Crippen molar-refractivity contribution in [2.24, 2.45) is 5.73 Å². The SMILES string of the molecule is CC1CN2CCCC2CN1CCC(N)c1cccc(Br)c1. The fourth-order valence-electron chi connectivity index (χ4n) is 3.77. The third-order valence-electron chi connectivity index (χ3n) is 5.07. The van der Waals surface area contributed by atoms with Gasteiger partial charge in [-0.1, -0.05) is 28.1 Å². The molecule has 3 nitrogen and oxygen atoms in total. The molecule has 116 valence electrons. The van der Waals surface area contributed by atoms with Crippen LogP contribution in [0.5, 0.6) is 0 Å². The second-order valence-electron chi connectivity index (χ2n) is 6.59. The van der Waals surface area contributed by atoms with Crippen LogP contribution in [0.25, 0.3) is 0 Å². The van der Waals surface area contributed by atoms with Gasteiger partial charge in [0.1, 0.15) is 0 Å². The summed E-state index contributed by atoms with van der Waals surface area (Å²) in [6.45, 7) is 7.24. The van der Waals surface area contributed by atoms with Gasteiger partial charge >= 0.3 is 0 Å². The van der Waals surface area contributed by atoms with Gasteiger partial charge in [-0.15, -0.1) is 0 Å². The van der Waals surface area contributed by atoms with Crippen LogP contribution >= 0.6 is 15.9 Å². The smallest absolute Gasteiger partial charge is 0.0307 e. The molecule has 2 aliphatic rings. The van der Waals surface area contributed by atoms with Crippen molar-refractivity contribution >= 4 is 15.9 Å². The van der Waals surface area contributed by atoms with E-state index in [-0.39, 0.29) is 6.04 Å². The zero-order chi connectivity index (χ0) is 14.8. The molecule has 0 aliphatic carbocycles. The van der Waals surface area contributed by atoms with Crippen LogP contribution in [0.15, 0.2) is 28.7 Å². The molecule has 3 unspecified atom stereocenters. The number of nitrogens with zero attached hydrogens (tertiary/aromatic N) is 2. The van der Waals surface area contributed by atoms with Crippen LogP contribution in [0.1, 0.15) is 37.8 Å². The third-order valence-corrected chi connectivity index (χ3v) is 5.56. The average molecular weight is 352 g/mol. The molecule has 0 saturated carbocycles. The molecule has 0 bridgehead atoms. The first-order valence-electron chi connectivity index (χ1n) is 8.12. The van der Waals surface area contributed by atoms with E-state index in [0.717, 1.165) is 23.5 Å². The van der Waals surface area contributed by atoms with Crippen LogP contribution in [0.2, 0.25) is 0 Å². The Kier molecular flexibility index (Phi) is 4.99. The Labute approximate surface area is 136 Å². The highest BCUT2D eigenvalue weighted by Gasteiger charge is 2.34.